The second-order valence-corrected chi connectivity index (χ2v) is 14.9. The molecule has 0 aliphatic carbocycles. The second kappa shape index (κ2) is 11.7. The lowest BCUT2D eigenvalue weighted by Crippen LogP contribution is -2.09. The van der Waals surface area contributed by atoms with Crippen molar-refractivity contribution in [2.75, 3.05) is 4.90 Å². The van der Waals surface area contributed by atoms with Crippen LogP contribution in [0, 0.1) is 0 Å². The van der Waals surface area contributed by atoms with Gasteiger partial charge in [-0.2, -0.15) is 0 Å². The van der Waals surface area contributed by atoms with Gasteiger partial charge in [0.25, 0.3) is 0 Å². The zero-order chi connectivity index (χ0) is 36.0. The van der Waals surface area contributed by atoms with Crippen LogP contribution in [0.2, 0.25) is 0 Å². The van der Waals surface area contributed by atoms with E-state index in [1.165, 1.54) is 0 Å². The van der Waals surface area contributed by atoms with Crippen molar-refractivity contribution < 1.29 is 13.3 Å². The number of benzene rings is 8. The lowest BCUT2D eigenvalue weighted by Gasteiger charge is -2.25. The Morgan fingerprint density at radius 3 is 1.78 bits per heavy atom. The smallest absolute Gasteiger partial charge is 0.144 e. The molecule has 0 fully saturated rings. The molecule has 0 saturated carbocycles. The lowest BCUT2D eigenvalue weighted by atomic mass is 10.0. The van der Waals surface area contributed by atoms with E-state index in [9.17, 15) is 0 Å². The summed E-state index contributed by atoms with van der Waals surface area (Å²) in [5, 5.41) is 7.55. The van der Waals surface area contributed by atoms with Gasteiger partial charge < -0.3 is 18.2 Å². The Morgan fingerprint density at radius 2 is 1.00 bits per heavy atom. The molecule has 12 rings (SSSR count). The monoisotopic (exact) mass is 724 g/mol. The zero-order valence-corrected chi connectivity index (χ0v) is 30.0. The summed E-state index contributed by atoms with van der Waals surface area (Å²) in [5.74, 6) is 0. The fourth-order valence-electron chi connectivity index (χ4n) is 8.13. The van der Waals surface area contributed by atoms with E-state index in [1.54, 1.807) is 11.3 Å². The summed E-state index contributed by atoms with van der Waals surface area (Å²) in [6, 6.07) is 58.9. The van der Waals surface area contributed by atoms with Gasteiger partial charge in [-0.15, -0.1) is 11.3 Å². The highest BCUT2D eigenvalue weighted by atomic mass is 32.1. The molecule has 0 spiro atoms. The van der Waals surface area contributed by atoms with Crippen molar-refractivity contribution >= 4 is 104 Å². The van der Waals surface area contributed by atoms with Crippen LogP contribution < -0.4 is 4.90 Å². The van der Waals surface area contributed by atoms with Crippen LogP contribution in [0.3, 0.4) is 0 Å². The lowest BCUT2D eigenvalue weighted by molar-refractivity contribution is 0.668. The van der Waals surface area contributed by atoms with E-state index >= 15 is 0 Å². The minimum absolute atomic E-state index is 0.842. The van der Waals surface area contributed by atoms with Crippen LogP contribution in [0.1, 0.15) is 0 Å². The number of aromatic nitrogens is 1. The molecule has 0 bridgehead atoms. The van der Waals surface area contributed by atoms with Gasteiger partial charge in [0.15, 0.2) is 0 Å². The molecule has 258 valence electrons. The molecule has 6 heteroatoms. The van der Waals surface area contributed by atoms with Gasteiger partial charge in [0.1, 0.15) is 38.5 Å². The molecule has 4 heterocycles. The van der Waals surface area contributed by atoms with Crippen LogP contribution in [-0.2, 0) is 0 Å². The molecule has 0 amide bonds. The van der Waals surface area contributed by atoms with Crippen molar-refractivity contribution in [1.29, 1.82) is 0 Å². The van der Waals surface area contributed by atoms with E-state index in [1.807, 2.05) is 42.5 Å². The Kier molecular flexibility index (Phi) is 6.44. The molecule has 0 radical (unpaired) electrons. The number of thiazole rings is 1. The highest BCUT2D eigenvalue weighted by Gasteiger charge is 2.21. The Bertz CT molecular complexity index is 3440. The van der Waals surface area contributed by atoms with E-state index in [2.05, 4.69) is 132 Å². The Hall–Kier alpha value is -7.15. The van der Waals surface area contributed by atoms with Crippen molar-refractivity contribution in [3.63, 3.8) is 0 Å². The number of rotatable bonds is 5. The average molecular weight is 725 g/mol. The quantitative estimate of drug-likeness (QED) is 0.177. The highest BCUT2D eigenvalue weighted by molar-refractivity contribution is 7.22. The maximum Gasteiger partial charge on any atom is 0.144 e. The summed E-state index contributed by atoms with van der Waals surface area (Å²) in [7, 11) is 0. The summed E-state index contributed by atoms with van der Waals surface area (Å²) < 4.78 is 20.4. The predicted octanol–water partition coefficient (Wildman–Crippen LogP) is 14.8. The van der Waals surface area contributed by atoms with E-state index < -0.39 is 0 Å². The summed E-state index contributed by atoms with van der Waals surface area (Å²) in [6.07, 6.45) is 0. The molecular weight excluding hydrogens is 697 g/mol. The van der Waals surface area contributed by atoms with Crippen molar-refractivity contribution in [2.24, 2.45) is 0 Å². The van der Waals surface area contributed by atoms with Gasteiger partial charge in [-0.05, 0) is 72.3 Å². The Morgan fingerprint density at radius 1 is 0.418 bits per heavy atom. The van der Waals surface area contributed by atoms with Crippen LogP contribution in [-0.4, -0.2) is 4.98 Å². The normalized spacial score (nSPS) is 12.0. The maximum absolute atomic E-state index is 6.66. The first kappa shape index (κ1) is 30.3. The van der Waals surface area contributed by atoms with Crippen molar-refractivity contribution in [3.8, 4) is 21.7 Å². The molecule has 0 unspecified atom stereocenters. The molecule has 0 aliphatic heterocycles. The zero-order valence-electron chi connectivity index (χ0n) is 29.2. The minimum atomic E-state index is 0.842. The molecule has 0 N–H and O–H groups in total. The van der Waals surface area contributed by atoms with Gasteiger partial charge in [0.2, 0.25) is 0 Å². The van der Waals surface area contributed by atoms with Gasteiger partial charge in [-0.3, -0.25) is 0 Å². The third-order valence-corrected chi connectivity index (χ3v) is 11.8. The van der Waals surface area contributed by atoms with Gasteiger partial charge in [-0.25, -0.2) is 4.98 Å². The highest BCUT2D eigenvalue weighted by Crippen LogP contribution is 2.46. The van der Waals surface area contributed by atoms with Gasteiger partial charge >= 0.3 is 0 Å². The number of fused-ring (bicyclic) bond motifs is 11. The van der Waals surface area contributed by atoms with E-state index in [0.717, 1.165) is 115 Å². The van der Waals surface area contributed by atoms with Gasteiger partial charge in [-0.1, -0.05) is 97.1 Å². The number of anilines is 3. The first-order valence-corrected chi connectivity index (χ1v) is 19.1. The van der Waals surface area contributed by atoms with E-state index in [0.29, 0.717) is 0 Å². The number of hydrogen-bond donors (Lipinski definition) is 0. The van der Waals surface area contributed by atoms with E-state index in [4.69, 9.17) is 18.2 Å². The summed E-state index contributed by atoms with van der Waals surface area (Å²) in [6.45, 7) is 0. The molecule has 4 aromatic heterocycles. The van der Waals surface area contributed by atoms with Crippen LogP contribution in [0.15, 0.2) is 183 Å². The number of para-hydroxylation sites is 3. The van der Waals surface area contributed by atoms with Gasteiger partial charge in [0.05, 0.1) is 10.2 Å². The third kappa shape index (κ3) is 4.68. The Labute approximate surface area is 317 Å². The number of nitrogens with zero attached hydrogens (tertiary/aromatic N) is 2. The Balaban J connectivity index is 1.04. The largest absolute Gasteiger partial charge is 0.456 e. The van der Waals surface area contributed by atoms with Crippen LogP contribution in [0.5, 0.6) is 0 Å². The van der Waals surface area contributed by atoms with Crippen molar-refractivity contribution in [2.45, 2.75) is 0 Å². The molecule has 0 saturated heterocycles. The summed E-state index contributed by atoms with van der Waals surface area (Å²) in [4.78, 5) is 7.45. The SMILES string of the molecule is c1ccc(-c2nc3cc(-c4ccc(N(c5ccc6c(c5)oc5ccccc56)c5ccc6oc7ccccc7c6c5)cc4)c4oc5ccccc5c4c3s2)cc1. The maximum atomic E-state index is 6.66. The van der Waals surface area contributed by atoms with E-state index in [-0.39, 0.29) is 0 Å². The second-order valence-electron chi connectivity index (χ2n) is 13.9. The standard InChI is InChI=1S/C49H28N2O3S/c1-2-10-30(11-3-1)49-50-40-28-38(47-46(48(40)55-49)37-14-6-9-17-43(37)54-47)29-18-20-31(21-19-29)51(32-23-25-44-39(26-32)35-13-5-8-16-42(35)52-44)33-22-24-36-34-12-4-7-15-41(34)53-45(36)27-33/h1-28H. The number of furan rings is 3. The molecule has 55 heavy (non-hydrogen) atoms. The van der Waals surface area contributed by atoms with Gasteiger partial charge in [0, 0.05) is 66.6 Å². The average Bonchev–Trinajstić information content (AvgIpc) is 4.02. The molecular formula is C49H28N2O3S. The fourth-order valence-corrected chi connectivity index (χ4v) is 9.24. The molecule has 8 aromatic carbocycles. The third-order valence-electron chi connectivity index (χ3n) is 10.7. The minimum Gasteiger partial charge on any atom is -0.456 e. The van der Waals surface area contributed by atoms with Crippen LogP contribution >= 0.6 is 11.3 Å². The first-order valence-electron chi connectivity index (χ1n) is 18.3. The predicted molar refractivity (Wildman–Crippen MR) is 227 cm³/mol. The van der Waals surface area contributed by atoms with Crippen molar-refractivity contribution in [1.82, 2.24) is 4.98 Å². The van der Waals surface area contributed by atoms with Crippen molar-refractivity contribution in [3.05, 3.63) is 170 Å². The topological polar surface area (TPSA) is 55.6 Å². The molecule has 12 aromatic rings. The molecule has 0 atom stereocenters. The molecule has 0 aliphatic rings. The number of hydrogen-bond acceptors (Lipinski definition) is 6. The van der Waals surface area contributed by atoms with Crippen LogP contribution in [0.4, 0.5) is 17.1 Å². The van der Waals surface area contributed by atoms with Crippen LogP contribution in [0.25, 0.3) is 97.7 Å². The summed E-state index contributed by atoms with van der Waals surface area (Å²) in [5.41, 5.74) is 12.3. The summed E-state index contributed by atoms with van der Waals surface area (Å²) >= 11 is 1.72. The first-order chi connectivity index (χ1) is 27.2. The molecule has 5 nitrogen and oxygen atoms in total. The fraction of sp³-hybridized carbons (Fsp3) is 0.